The Morgan fingerprint density at radius 3 is 2.24 bits per heavy atom. The first-order valence-electron chi connectivity index (χ1n) is 6.34. The molecule has 3 rings (SSSR count). The van der Waals surface area contributed by atoms with Gasteiger partial charge < -0.3 is 0 Å². The molecule has 0 N–H and O–H groups in total. The lowest BCUT2D eigenvalue weighted by Gasteiger charge is -2.15. The minimum atomic E-state index is -0.251. The number of fused-ring (bicyclic) bond motifs is 1. The van der Waals surface area contributed by atoms with Crippen LogP contribution >= 0.6 is 47.8 Å². The number of hydrogen-bond acceptors (Lipinski definition) is 0. The van der Waals surface area contributed by atoms with Crippen molar-refractivity contribution in [1.29, 1.82) is 0 Å². The highest BCUT2D eigenvalue weighted by Crippen LogP contribution is 2.38. The topological polar surface area (TPSA) is 0 Å². The highest BCUT2D eigenvalue weighted by Gasteiger charge is 2.15. The number of halogens is 4. The molecule has 0 aromatic heterocycles. The highest BCUT2D eigenvalue weighted by molar-refractivity contribution is 9.11. The molecule has 0 heterocycles. The molecule has 0 saturated carbocycles. The van der Waals surface area contributed by atoms with Crippen LogP contribution in [0.1, 0.15) is 16.0 Å². The van der Waals surface area contributed by atoms with Crippen LogP contribution in [0.5, 0.6) is 0 Å². The molecule has 0 aliphatic rings. The van der Waals surface area contributed by atoms with Gasteiger partial charge in [-0.3, -0.25) is 0 Å². The normalized spacial score (nSPS) is 12.6. The lowest BCUT2D eigenvalue weighted by Crippen LogP contribution is -1.95. The molecule has 0 aliphatic carbocycles. The Hall–Kier alpha value is -0.710. The summed E-state index contributed by atoms with van der Waals surface area (Å²) in [5, 5.41) is 2.34. The second-order valence-corrected chi connectivity index (χ2v) is 7.34. The van der Waals surface area contributed by atoms with Gasteiger partial charge in [0.05, 0.1) is 9.30 Å². The van der Waals surface area contributed by atoms with Crippen LogP contribution in [0.4, 0.5) is 4.39 Å². The molecular formula is C17H10Br3F. The summed E-state index contributed by atoms with van der Waals surface area (Å²) in [5.41, 5.74) is 2.17. The van der Waals surface area contributed by atoms with Crippen LogP contribution in [0.15, 0.2) is 63.5 Å². The summed E-state index contributed by atoms with van der Waals surface area (Å²) in [6.07, 6.45) is 0. The van der Waals surface area contributed by atoms with Crippen molar-refractivity contribution in [2.75, 3.05) is 0 Å². The van der Waals surface area contributed by atoms with Gasteiger partial charge in [-0.15, -0.1) is 0 Å². The van der Waals surface area contributed by atoms with Gasteiger partial charge in [0.1, 0.15) is 5.82 Å². The second kappa shape index (κ2) is 6.19. The summed E-state index contributed by atoms with van der Waals surface area (Å²) in [6.45, 7) is 0. The Kier molecular flexibility index (Phi) is 4.48. The van der Waals surface area contributed by atoms with E-state index in [4.69, 9.17) is 0 Å². The molecule has 0 spiro atoms. The third kappa shape index (κ3) is 2.94. The van der Waals surface area contributed by atoms with Crippen molar-refractivity contribution in [2.24, 2.45) is 0 Å². The van der Waals surface area contributed by atoms with E-state index in [1.165, 1.54) is 16.8 Å². The molecule has 0 amide bonds. The van der Waals surface area contributed by atoms with E-state index in [2.05, 4.69) is 66.0 Å². The third-order valence-electron chi connectivity index (χ3n) is 3.41. The Balaban J connectivity index is 2.15. The van der Waals surface area contributed by atoms with Gasteiger partial charge in [0.2, 0.25) is 0 Å². The van der Waals surface area contributed by atoms with Crippen molar-refractivity contribution in [3.63, 3.8) is 0 Å². The fourth-order valence-corrected chi connectivity index (χ4v) is 3.91. The third-order valence-corrected chi connectivity index (χ3v) is 5.74. The van der Waals surface area contributed by atoms with Gasteiger partial charge in [-0.2, -0.15) is 0 Å². The van der Waals surface area contributed by atoms with Gasteiger partial charge in [-0.05, 0) is 56.0 Å². The van der Waals surface area contributed by atoms with Crippen molar-refractivity contribution in [1.82, 2.24) is 0 Å². The average molecular weight is 473 g/mol. The van der Waals surface area contributed by atoms with Crippen LogP contribution < -0.4 is 0 Å². The zero-order chi connectivity index (χ0) is 15.0. The molecular weight excluding hydrogens is 463 g/mol. The molecule has 0 radical (unpaired) electrons. The Morgan fingerprint density at radius 1 is 0.810 bits per heavy atom. The van der Waals surface area contributed by atoms with Crippen molar-refractivity contribution in [3.8, 4) is 0 Å². The Labute approximate surface area is 147 Å². The van der Waals surface area contributed by atoms with Crippen molar-refractivity contribution < 1.29 is 4.39 Å². The number of benzene rings is 3. The highest BCUT2D eigenvalue weighted by atomic mass is 79.9. The molecule has 0 bridgehead atoms. The summed E-state index contributed by atoms with van der Waals surface area (Å²) < 4.78 is 15.0. The fourth-order valence-electron chi connectivity index (χ4n) is 2.36. The van der Waals surface area contributed by atoms with Gasteiger partial charge in [-0.25, -0.2) is 4.39 Å². The summed E-state index contributed by atoms with van der Waals surface area (Å²) in [5.74, 6) is -0.251. The minimum absolute atomic E-state index is 0.00685. The zero-order valence-electron chi connectivity index (χ0n) is 10.8. The van der Waals surface area contributed by atoms with Gasteiger partial charge in [0.15, 0.2) is 0 Å². The van der Waals surface area contributed by atoms with Gasteiger partial charge in [0, 0.05) is 4.47 Å². The molecule has 4 heteroatoms. The molecule has 3 aromatic carbocycles. The van der Waals surface area contributed by atoms with E-state index in [0.717, 1.165) is 15.6 Å². The average Bonchev–Trinajstić information content (AvgIpc) is 2.50. The number of hydrogen-bond donors (Lipinski definition) is 0. The molecule has 106 valence electrons. The van der Waals surface area contributed by atoms with Crippen LogP contribution in [0.3, 0.4) is 0 Å². The fraction of sp³-hybridized carbons (Fsp3) is 0.0588. The molecule has 1 atom stereocenters. The first kappa shape index (κ1) is 15.2. The minimum Gasteiger partial charge on any atom is -0.206 e. The first-order chi connectivity index (χ1) is 10.1. The molecule has 21 heavy (non-hydrogen) atoms. The first-order valence-corrected chi connectivity index (χ1v) is 8.84. The van der Waals surface area contributed by atoms with Crippen molar-refractivity contribution >= 4 is 58.6 Å². The van der Waals surface area contributed by atoms with E-state index in [1.807, 2.05) is 24.3 Å². The maximum Gasteiger partial charge on any atom is 0.137 e. The largest absolute Gasteiger partial charge is 0.206 e. The van der Waals surface area contributed by atoms with E-state index < -0.39 is 0 Å². The van der Waals surface area contributed by atoms with Crippen molar-refractivity contribution in [3.05, 3.63) is 80.5 Å². The predicted octanol–water partition coefficient (Wildman–Crippen LogP) is 6.99. The van der Waals surface area contributed by atoms with E-state index >= 15 is 0 Å². The monoisotopic (exact) mass is 470 g/mol. The van der Waals surface area contributed by atoms with Gasteiger partial charge >= 0.3 is 0 Å². The molecule has 0 nitrogen and oxygen atoms in total. The lowest BCUT2D eigenvalue weighted by molar-refractivity contribution is 0.620. The maximum absolute atomic E-state index is 13.4. The van der Waals surface area contributed by atoms with Gasteiger partial charge in [-0.1, -0.05) is 68.3 Å². The summed E-state index contributed by atoms with van der Waals surface area (Å²) in [4.78, 5) is 0.00685. The standard InChI is InChI=1S/C17H10Br3F/c18-14-7-6-13(11-3-1-2-4-12(11)14)17(20)10-5-8-16(21)15(19)9-10/h1-9,17H. The molecule has 0 saturated heterocycles. The van der Waals surface area contributed by atoms with E-state index in [9.17, 15) is 4.39 Å². The van der Waals surface area contributed by atoms with Crippen LogP contribution in [0, 0.1) is 5.82 Å². The Bertz CT molecular complexity index is 814. The Morgan fingerprint density at radius 2 is 1.52 bits per heavy atom. The van der Waals surface area contributed by atoms with Crippen molar-refractivity contribution in [2.45, 2.75) is 4.83 Å². The smallest absolute Gasteiger partial charge is 0.137 e. The van der Waals surface area contributed by atoms with Gasteiger partial charge in [0.25, 0.3) is 0 Å². The summed E-state index contributed by atoms with van der Waals surface area (Å²) in [7, 11) is 0. The number of rotatable bonds is 2. The SMILES string of the molecule is Fc1ccc(C(Br)c2ccc(Br)c3ccccc23)cc1Br. The van der Waals surface area contributed by atoms with E-state index in [1.54, 1.807) is 6.07 Å². The van der Waals surface area contributed by atoms with Crippen LogP contribution in [-0.2, 0) is 0 Å². The molecule has 0 fully saturated rings. The lowest BCUT2D eigenvalue weighted by atomic mass is 9.98. The zero-order valence-corrected chi connectivity index (χ0v) is 15.5. The predicted molar refractivity (Wildman–Crippen MR) is 96.5 cm³/mol. The summed E-state index contributed by atoms with van der Waals surface area (Å²) >= 11 is 10.6. The molecule has 1 unspecified atom stereocenters. The molecule has 3 aromatic rings. The maximum atomic E-state index is 13.4. The quantitative estimate of drug-likeness (QED) is 0.353. The summed E-state index contributed by atoms with van der Waals surface area (Å²) in [6, 6.07) is 17.5. The van der Waals surface area contributed by atoms with E-state index in [0.29, 0.717) is 4.47 Å². The van der Waals surface area contributed by atoms with Crippen LogP contribution in [-0.4, -0.2) is 0 Å². The molecule has 0 aliphatic heterocycles. The number of alkyl halides is 1. The second-order valence-electron chi connectivity index (χ2n) is 4.72. The van der Waals surface area contributed by atoms with Crippen LogP contribution in [0.25, 0.3) is 10.8 Å². The van der Waals surface area contributed by atoms with E-state index in [-0.39, 0.29) is 10.6 Å². The van der Waals surface area contributed by atoms with Crippen LogP contribution in [0.2, 0.25) is 0 Å².